The second-order valence-corrected chi connectivity index (χ2v) is 6.20. The zero-order valence-electron chi connectivity index (χ0n) is 13.4. The Labute approximate surface area is 155 Å². The van der Waals surface area contributed by atoms with Crippen LogP contribution in [0.15, 0.2) is 95.6 Å². The molecule has 124 valence electrons. The fourth-order valence-electron chi connectivity index (χ4n) is 2.17. The minimum absolute atomic E-state index is 0.0518. The molecular weight excluding hydrogens is 378 g/mol. The molecule has 3 aromatic rings. The van der Waals surface area contributed by atoms with E-state index in [9.17, 15) is 4.79 Å². The second-order valence-electron chi connectivity index (χ2n) is 5.29. The highest BCUT2D eigenvalue weighted by Crippen LogP contribution is 2.22. The molecule has 0 amide bonds. The van der Waals surface area contributed by atoms with Gasteiger partial charge in [-0.3, -0.25) is 4.79 Å². The van der Waals surface area contributed by atoms with Crippen molar-refractivity contribution in [3.63, 3.8) is 0 Å². The third-order valence-corrected chi connectivity index (χ3v) is 3.98. The number of ether oxygens (including phenoxy) is 1. The Morgan fingerprint density at radius 2 is 1.48 bits per heavy atom. The van der Waals surface area contributed by atoms with Crippen LogP contribution < -0.4 is 10.1 Å². The number of hydrogen-bond acceptors (Lipinski definition) is 3. The van der Waals surface area contributed by atoms with Gasteiger partial charge in [-0.2, -0.15) is 0 Å². The summed E-state index contributed by atoms with van der Waals surface area (Å²) in [7, 11) is 0. The first kappa shape index (κ1) is 17.0. The van der Waals surface area contributed by atoms with Gasteiger partial charge in [-0.25, -0.2) is 0 Å². The van der Waals surface area contributed by atoms with Crippen LogP contribution in [0.1, 0.15) is 10.4 Å². The quantitative estimate of drug-likeness (QED) is 0.409. The molecule has 0 unspecified atom stereocenters. The topological polar surface area (TPSA) is 38.3 Å². The predicted octanol–water partition coefficient (Wildman–Crippen LogP) is 6.05. The lowest BCUT2D eigenvalue weighted by molar-refractivity contribution is 0.104. The molecule has 1 N–H and O–H groups in total. The summed E-state index contributed by atoms with van der Waals surface area (Å²) in [6, 6.07) is 24.4. The lowest BCUT2D eigenvalue weighted by atomic mass is 10.1. The predicted molar refractivity (Wildman–Crippen MR) is 104 cm³/mol. The van der Waals surface area contributed by atoms with Crippen LogP contribution in [0.25, 0.3) is 0 Å². The summed E-state index contributed by atoms with van der Waals surface area (Å²) in [5, 5.41) is 3.08. The van der Waals surface area contributed by atoms with Crippen LogP contribution in [0.2, 0.25) is 0 Å². The Balaban J connectivity index is 1.56. The number of carbonyl (C=O) groups is 1. The molecular formula is C21H16BrNO2. The van der Waals surface area contributed by atoms with Gasteiger partial charge in [0.25, 0.3) is 0 Å². The maximum absolute atomic E-state index is 12.0. The number of carbonyl (C=O) groups excluding carboxylic acids is 1. The highest BCUT2D eigenvalue weighted by molar-refractivity contribution is 9.10. The first-order chi connectivity index (χ1) is 12.2. The number of benzene rings is 3. The van der Waals surface area contributed by atoms with Gasteiger partial charge in [0.15, 0.2) is 5.78 Å². The highest BCUT2D eigenvalue weighted by atomic mass is 79.9. The standard InChI is InChI=1S/C21H16BrNO2/c22-17-8-6-16(7-9-17)21(24)14-15-23-18-10-12-20(13-11-18)25-19-4-2-1-3-5-19/h1-15,23H. The van der Waals surface area contributed by atoms with Crippen molar-refractivity contribution >= 4 is 27.4 Å². The van der Waals surface area contributed by atoms with Gasteiger partial charge in [-0.15, -0.1) is 0 Å². The van der Waals surface area contributed by atoms with E-state index in [1.54, 1.807) is 18.3 Å². The van der Waals surface area contributed by atoms with Gasteiger partial charge in [0.2, 0.25) is 0 Å². The number of hydrogen-bond donors (Lipinski definition) is 1. The molecule has 3 nitrogen and oxygen atoms in total. The molecule has 0 atom stereocenters. The SMILES string of the molecule is O=C(C=CNc1ccc(Oc2ccccc2)cc1)c1ccc(Br)cc1. The van der Waals surface area contributed by atoms with Gasteiger partial charge in [-0.05, 0) is 60.7 Å². The molecule has 0 aliphatic rings. The van der Waals surface area contributed by atoms with Crippen molar-refractivity contribution in [2.75, 3.05) is 5.32 Å². The number of allylic oxidation sites excluding steroid dienone is 1. The first-order valence-electron chi connectivity index (χ1n) is 7.77. The highest BCUT2D eigenvalue weighted by Gasteiger charge is 2.01. The van der Waals surface area contributed by atoms with Crippen LogP contribution in [0.4, 0.5) is 5.69 Å². The maximum atomic E-state index is 12.0. The van der Waals surface area contributed by atoms with E-state index in [0.717, 1.165) is 21.7 Å². The molecule has 0 aliphatic carbocycles. The summed E-state index contributed by atoms with van der Waals surface area (Å²) in [4.78, 5) is 12.0. The molecule has 0 saturated carbocycles. The van der Waals surface area contributed by atoms with Crippen LogP contribution >= 0.6 is 15.9 Å². The Morgan fingerprint density at radius 3 is 2.16 bits per heavy atom. The summed E-state index contributed by atoms with van der Waals surface area (Å²) in [6.07, 6.45) is 3.15. The molecule has 25 heavy (non-hydrogen) atoms. The number of para-hydroxylation sites is 1. The molecule has 3 aromatic carbocycles. The van der Waals surface area contributed by atoms with Crippen molar-refractivity contribution < 1.29 is 9.53 Å². The van der Waals surface area contributed by atoms with Gasteiger partial charge in [0, 0.05) is 28.0 Å². The van der Waals surface area contributed by atoms with E-state index in [0.29, 0.717) is 5.56 Å². The Hall–Kier alpha value is -2.85. The van der Waals surface area contributed by atoms with Gasteiger partial charge >= 0.3 is 0 Å². The summed E-state index contributed by atoms with van der Waals surface area (Å²) < 4.78 is 6.69. The van der Waals surface area contributed by atoms with Gasteiger partial charge in [0.1, 0.15) is 11.5 Å². The smallest absolute Gasteiger partial charge is 0.187 e. The average Bonchev–Trinajstić information content (AvgIpc) is 2.64. The number of nitrogens with one attached hydrogen (secondary N) is 1. The van der Waals surface area contributed by atoms with Crippen molar-refractivity contribution in [2.24, 2.45) is 0 Å². The van der Waals surface area contributed by atoms with E-state index in [4.69, 9.17) is 4.74 Å². The second kappa shape index (κ2) is 8.31. The lowest BCUT2D eigenvalue weighted by Crippen LogP contribution is -1.96. The largest absolute Gasteiger partial charge is 0.457 e. The molecule has 3 rings (SSSR count). The Kier molecular flexibility index (Phi) is 5.65. The van der Waals surface area contributed by atoms with E-state index in [1.807, 2.05) is 66.7 Å². The Bertz CT molecular complexity index is 857. The molecule has 4 heteroatoms. The molecule has 0 bridgehead atoms. The lowest BCUT2D eigenvalue weighted by Gasteiger charge is -2.06. The van der Waals surface area contributed by atoms with E-state index < -0.39 is 0 Å². The molecule has 0 aromatic heterocycles. The van der Waals surface area contributed by atoms with Crippen LogP contribution in [0.5, 0.6) is 11.5 Å². The molecule has 0 fully saturated rings. The fraction of sp³-hybridized carbons (Fsp3) is 0. The van der Waals surface area contributed by atoms with Crippen LogP contribution in [0, 0.1) is 0 Å². The zero-order chi connectivity index (χ0) is 17.5. The maximum Gasteiger partial charge on any atom is 0.187 e. The summed E-state index contributed by atoms with van der Waals surface area (Å²) in [5.74, 6) is 1.50. The first-order valence-corrected chi connectivity index (χ1v) is 8.56. The van der Waals surface area contributed by atoms with Gasteiger partial charge in [0.05, 0.1) is 0 Å². The van der Waals surface area contributed by atoms with Crippen LogP contribution in [0.3, 0.4) is 0 Å². The molecule has 0 saturated heterocycles. The number of rotatable bonds is 6. The average molecular weight is 394 g/mol. The normalized spacial score (nSPS) is 10.6. The third-order valence-electron chi connectivity index (χ3n) is 3.45. The van der Waals surface area contributed by atoms with Crippen molar-refractivity contribution in [1.29, 1.82) is 0 Å². The number of halogens is 1. The van der Waals surface area contributed by atoms with Crippen molar-refractivity contribution in [3.05, 3.63) is 101 Å². The summed E-state index contributed by atoms with van der Waals surface area (Å²) >= 11 is 3.35. The van der Waals surface area contributed by atoms with E-state index in [1.165, 1.54) is 6.08 Å². The van der Waals surface area contributed by atoms with Crippen molar-refractivity contribution in [3.8, 4) is 11.5 Å². The molecule has 0 aliphatic heterocycles. The van der Waals surface area contributed by atoms with Crippen LogP contribution in [-0.2, 0) is 0 Å². The molecule has 0 spiro atoms. The van der Waals surface area contributed by atoms with Gasteiger partial charge < -0.3 is 10.1 Å². The minimum atomic E-state index is -0.0518. The monoisotopic (exact) mass is 393 g/mol. The number of ketones is 1. The van der Waals surface area contributed by atoms with E-state index in [2.05, 4.69) is 21.2 Å². The zero-order valence-corrected chi connectivity index (χ0v) is 14.9. The van der Waals surface area contributed by atoms with Crippen molar-refractivity contribution in [2.45, 2.75) is 0 Å². The van der Waals surface area contributed by atoms with Gasteiger partial charge in [-0.1, -0.05) is 34.1 Å². The summed E-state index contributed by atoms with van der Waals surface area (Å²) in [5.41, 5.74) is 1.52. The molecule has 0 heterocycles. The van der Waals surface area contributed by atoms with E-state index in [-0.39, 0.29) is 5.78 Å². The summed E-state index contributed by atoms with van der Waals surface area (Å²) in [6.45, 7) is 0. The third kappa shape index (κ3) is 5.06. The molecule has 0 radical (unpaired) electrons. The Morgan fingerprint density at radius 1 is 0.840 bits per heavy atom. The number of anilines is 1. The van der Waals surface area contributed by atoms with Crippen molar-refractivity contribution in [1.82, 2.24) is 0 Å². The van der Waals surface area contributed by atoms with E-state index >= 15 is 0 Å². The minimum Gasteiger partial charge on any atom is -0.457 e. The van der Waals surface area contributed by atoms with Crippen LogP contribution in [-0.4, -0.2) is 5.78 Å². The fourth-order valence-corrected chi connectivity index (χ4v) is 2.43.